The summed E-state index contributed by atoms with van der Waals surface area (Å²) in [5.74, 6) is 1.99. The Morgan fingerprint density at radius 1 is 0.647 bits per heavy atom. The molecule has 0 atom stereocenters. The lowest BCUT2D eigenvalue weighted by atomic mass is 10.3. The number of ether oxygens (including phenoxy) is 2. The van der Waals surface area contributed by atoms with Crippen LogP contribution in [0.25, 0.3) is 0 Å². The van der Waals surface area contributed by atoms with E-state index in [0.29, 0.717) is 44.4 Å². The maximum absolute atomic E-state index is 12.3. The van der Waals surface area contributed by atoms with E-state index in [1.165, 1.54) is 73.6 Å². The van der Waals surface area contributed by atoms with E-state index in [4.69, 9.17) is 60.7 Å². The van der Waals surface area contributed by atoms with Crippen LogP contribution in [0, 0.1) is 6.92 Å². The summed E-state index contributed by atoms with van der Waals surface area (Å²) >= 11 is 18.0. The highest BCUT2D eigenvalue weighted by atomic mass is 35.7. The molecule has 0 aliphatic heterocycles. The Morgan fingerprint density at radius 3 is 1.73 bits per heavy atom. The predicted molar refractivity (Wildman–Crippen MR) is 198 cm³/mol. The first-order chi connectivity index (χ1) is 24.2. The number of nitrogens with one attached hydrogen (secondary N) is 1. The first-order valence-corrected chi connectivity index (χ1v) is 19.1. The van der Waals surface area contributed by atoms with Crippen molar-refractivity contribution in [3.8, 4) is 23.0 Å². The first kappa shape index (κ1) is 39.1. The molecule has 0 fully saturated rings. The monoisotopic (exact) mass is 806 g/mol. The number of nitrogens with zero attached hydrogens (tertiary/aromatic N) is 4. The highest BCUT2D eigenvalue weighted by Gasteiger charge is 2.15. The summed E-state index contributed by atoms with van der Waals surface area (Å²) in [4.78, 5) is 15.4. The Morgan fingerprint density at radius 2 is 1.22 bits per heavy atom. The van der Waals surface area contributed by atoms with Crippen molar-refractivity contribution in [1.29, 1.82) is 0 Å². The highest BCUT2D eigenvalue weighted by Crippen LogP contribution is 2.33. The number of hydrogen-bond acceptors (Lipinski definition) is 11. The minimum Gasteiger partial charge on any atom is -0.454 e. The normalized spacial score (nSPS) is 10.8. The summed E-state index contributed by atoms with van der Waals surface area (Å²) in [5.41, 5.74) is 7.53. The van der Waals surface area contributed by atoms with Gasteiger partial charge in [0.05, 0.1) is 33.1 Å². The van der Waals surface area contributed by atoms with Gasteiger partial charge in [0.2, 0.25) is 0 Å². The van der Waals surface area contributed by atoms with Crippen molar-refractivity contribution in [2.45, 2.75) is 16.7 Å². The number of pyridine rings is 4. The van der Waals surface area contributed by atoms with Gasteiger partial charge in [-0.2, -0.15) is 0 Å². The van der Waals surface area contributed by atoms with Crippen molar-refractivity contribution < 1.29 is 26.3 Å². The molecular formula is C33H26Cl4N6O6S2. The van der Waals surface area contributed by atoms with E-state index in [1.54, 1.807) is 42.7 Å². The number of nitrogen functional groups attached to an aromatic ring is 1. The Bertz CT molecular complexity index is 2310. The molecule has 0 saturated carbocycles. The molecule has 0 spiro atoms. The summed E-state index contributed by atoms with van der Waals surface area (Å²) < 4.78 is 59.3. The van der Waals surface area contributed by atoms with Gasteiger partial charge in [0.15, 0.2) is 0 Å². The number of sulfonamides is 1. The van der Waals surface area contributed by atoms with Crippen LogP contribution in [0.15, 0.2) is 132 Å². The van der Waals surface area contributed by atoms with Crippen LogP contribution in [0.3, 0.4) is 0 Å². The molecule has 12 nitrogen and oxygen atoms in total. The van der Waals surface area contributed by atoms with Gasteiger partial charge >= 0.3 is 0 Å². The summed E-state index contributed by atoms with van der Waals surface area (Å²) in [7, 11) is -2.35. The highest BCUT2D eigenvalue weighted by molar-refractivity contribution is 8.13. The fraction of sp³-hybridized carbons (Fsp3) is 0.0303. The minimum atomic E-state index is -3.75. The number of halogens is 4. The molecule has 4 aromatic heterocycles. The van der Waals surface area contributed by atoms with E-state index in [0.717, 1.165) is 5.56 Å². The molecule has 18 heteroatoms. The van der Waals surface area contributed by atoms with Crippen molar-refractivity contribution in [2.24, 2.45) is 0 Å². The lowest BCUT2D eigenvalue weighted by Crippen LogP contribution is -2.13. The molecule has 3 N–H and O–H groups in total. The third kappa shape index (κ3) is 12.5. The van der Waals surface area contributed by atoms with E-state index in [-0.39, 0.29) is 14.8 Å². The van der Waals surface area contributed by atoms with Crippen LogP contribution < -0.4 is 19.9 Å². The van der Waals surface area contributed by atoms with Crippen LogP contribution in [0.5, 0.6) is 23.0 Å². The second kappa shape index (κ2) is 18.0. The summed E-state index contributed by atoms with van der Waals surface area (Å²) in [6.07, 6.45) is 11.8. The third-order valence-corrected chi connectivity index (χ3v) is 9.49. The molecule has 6 aromatic rings. The maximum atomic E-state index is 12.3. The average molecular weight is 809 g/mol. The van der Waals surface area contributed by atoms with Crippen molar-refractivity contribution >= 4 is 75.9 Å². The molecule has 51 heavy (non-hydrogen) atoms. The number of rotatable bonds is 8. The molecule has 0 bridgehead atoms. The number of aryl methyl sites for hydroxylation is 1. The number of nitrogens with two attached hydrogens (primary N) is 1. The topological polar surface area (TPSA) is 176 Å². The minimum absolute atomic E-state index is 0.0247. The zero-order chi connectivity index (χ0) is 37.0. The first-order valence-electron chi connectivity index (χ1n) is 14.2. The number of benzene rings is 2. The van der Waals surface area contributed by atoms with E-state index in [9.17, 15) is 16.8 Å². The Hall–Kier alpha value is -4.70. The Labute approximate surface area is 313 Å². The Kier molecular flexibility index (Phi) is 13.8. The lowest BCUT2D eigenvalue weighted by Gasteiger charge is -2.11. The van der Waals surface area contributed by atoms with Gasteiger partial charge in [0.25, 0.3) is 19.1 Å². The zero-order valence-corrected chi connectivity index (χ0v) is 30.8. The van der Waals surface area contributed by atoms with E-state index >= 15 is 0 Å². The van der Waals surface area contributed by atoms with Crippen molar-refractivity contribution in [3.63, 3.8) is 0 Å². The van der Waals surface area contributed by atoms with Gasteiger partial charge in [-0.05, 0) is 79.2 Å². The van der Waals surface area contributed by atoms with Crippen LogP contribution in [0.2, 0.25) is 15.1 Å². The van der Waals surface area contributed by atoms with Gasteiger partial charge < -0.3 is 15.2 Å². The molecule has 0 aliphatic carbocycles. The second-order valence-electron chi connectivity index (χ2n) is 10.00. The largest absolute Gasteiger partial charge is 0.454 e. The number of aromatic nitrogens is 4. The molecule has 4 heterocycles. The quantitative estimate of drug-likeness (QED) is 0.111. The fourth-order valence-corrected chi connectivity index (χ4v) is 6.07. The Balaban J connectivity index is 0.000000191. The molecule has 0 unspecified atom stereocenters. The predicted octanol–water partition coefficient (Wildman–Crippen LogP) is 8.80. The van der Waals surface area contributed by atoms with Crippen molar-refractivity contribution in [1.82, 2.24) is 19.9 Å². The molecule has 0 radical (unpaired) electrons. The standard InChI is InChI=1S/C16H11Cl2N3O3S.C12H11ClN2O.C5H4ClNO2S/c17-11-6-13(9-20-8-11)24-16-4-3-12(7-15(16)18)21-25(22,23)14-2-1-5-19-10-14;1-8-4-10(7-15-6-8)16-12-3-2-9(14)5-11(12)13;6-10(8,9)5-2-1-3-7-4-5/h1-10,21H;2-7H,14H2,1H3;1-4H. The fourth-order valence-electron chi connectivity index (χ4n) is 3.74. The lowest BCUT2D eigenvalue weighted by molar-refractivity contribution is 0.480. The van der Waals surface area contributed by atoms with Gasteiger partial charge in [-0.1, -0.05) is 34.8 Å². The maximum Gasteiger partial charge on any atom is 0.263 e. The summed E-state index contributed by atoms with van der Waals surface area (Å²) in [6, 6.07) is 19.0. The van der Waals surface area contributed by atoms with Crippen LogP contribution in [-0.2, 0) is 19.1 Å². The van der Waals surface area contributed by atoms with E-state index in [1.807, 2.05) is 13.0 Å². The molecule has 2 aromatic carbocycles. The molecule has 0 amide bonds. The van der Waals surface area contributed by atoms with Gasteiger partial charge in [0, 0.05) is 59.6 Å². The van der Waals surface area contributed by atoms with Crippen molar-refractivity contribution in [3.05, 3.63) is 143 Å². The zero-order valence-electron chi connectivity index (χ0n) is 26.2. The van der Waals surface area contributed by atoms with E-state index < -0.39 is 19.1 Å². The van der Waals surface area contributed by atoms with Crippen LogP contribution in [0.4, 0.5) is 11.4 Å². The molecule has 264 valence electrons. The average Bonchev–Trinajstić information content (AvgIpc) is 3.08. The molecule has 6 rings (SSSR count). The van der Waals surface area contributed by atoms with Crippen LogP contribution in [-0.4, -0.2) is 36.8 Å². The SMILES string of the molecule is Cc1cncc(Oc2ccc(N)cc2Cl)c1.O=S(=O)(Cl)c1cccnc1.O=S(=O)(Nc1ccc(Oc2cncc(Cl)c2)c(Cl)c1)c1cccnc1. The molecular weight excluding hydrogens is 782 g/mol. The second-order valence-corrected chi connectivity index (χ2v) is 15.5. The van der Waals surface area contributed by atoms with Gasteiger partial charge in [-0.15, -0.1) is 0 Å². The van der Waals surface area contributed by atoms with Gasteiger partial charge in [-0.25, -0.2) is 16.8 Å². The molecule has 0 saturated heterocycles. The van der Waals surface area contributed by atoms with Gasteiger partial charge in [-0.3, -0.25) is 24.7 Å². The van der Waals surface area contributed by atoms with Crippen LogP contribution >= 0.6 is 45.5 Å². The van der Waals surface area contributed by atoms with Crippen LogP contribution in [0.1, 0.15) is 5.56 Å². The number of hydrogen-bond donors (Lipinski definition) is 2. The van der Waals surface area contributed by atoms with E-state index in [2.05, 4.69) is 24.7 Å². The summed E-state index contributed by atoms with van der Waals surface area (Å²) in [5, 5.41) is 1.14. The number of anilines is 2. The van der Waals surface area contributed by atoms with Gasteiger partial charge in [0.1, 0.15) is 32.8 Å². The smallest absolute Gasteiger partial charge is 0.263 e. The summed E-state index contributed by atoms with van der Waals surface area (Å²) in [6.45, 7) is 1.95. The third-order valence-electron chi connectivity index (χ3n) is 5.99. The molecule has 0 aliphatic rings. The van der Waals surface area contributed by atoms with Crippen molar-refractivity contribution in [2.75, 3.05) is 10.5 Å².